The van der Waals surface area contributed by atoms with Crippen molar-refractivity contribution in [2.45, 2.75) is 53.4 Å². The summed E-state index contributed by atoms with van der Waals surface area (Å²) in [6, 6.07) is 0. The largest absolute Gasteiger partial charge is 0.120 e. The zero-order valence-corrected chi connectivity index (χ0v) is 13.0. The summed E-state index contributed by atoms with van der Waals surface area (Å²) >= 11 is 1.35. The van der Waals surface area contributed by atoms with Gasteiger partial charge < -0.3 is 0 Å². The molecule has 0 fully saturated rings. The third-order valence-electron chi connectivity index (χ3n) is 1.81. The van der Waals surface area contributed by atoms with Crippen LogP contribution in [-0.2, 0) is 0 Å². The van der Waals surface area contributed by atoms with Crippen molar-refractivity contribution in [3.63, 3.8) is 0 Å². The fourth-order valence-corrected chi connectivity index (χ4v) is 1.18. The number of rotatable bonds is 4. The lowest BCUT2D eigenvalue weighted by Gasteiger charge is -1.85. The molecule has 1 heteroatoms. The molecule has 0 aliphatic carbocycles. The summed E-state index contributed by atoms with van der Waals surface area (Å²) in [5.74, 6) is 5.57. The van der Waals surface area contributed by atoms with E-state index in [2.05, 4.69) is 56.9 Å². The average molecular weight is 264 g/mol. The van der Waals surface area contributed by atoms with Crippen LogP contribution in [0.2, 0.25) is 0 Å². The van der Waals surface area contributed by atoms with Crippen LogP contribution in [0.4, 0.5) is 0 Å². The summed E-state index contributed by atoms with van der Waals surface area (Å²) in [7, 11) is 0. The lowest BCUT2D eigenvalue weighted by atomic mass is 10.2. The minimum absolute atomic E-state index is 0.343. The molecule has 0 bridgehead atoms. The standard InChI is InChI=1S/C9H14S.C8H12/c1-9(2)7-5-4-6-8-10-3;1-4-5-6-7-8(2)3/h7H,4-5H2,1-3H3;1,7H,5-6H2,2-3H3/i3T;. The summed E-state index contributed by atoms with van der Waals surface area (Å²) in [4.78, 5) is 0. The number of thioether (sulfide) groups is 1. The molecule has 100 valence electrons. The summed E-state index contributed by atoms with van der Waals surface area (Å²) in [5.41, 5.74) is 2.69. The molecule has 0 unspecified atom stereocenters. The van der Waals surface area contributed by atoms with E-state index in [4.69, 9.17) is 7.79 Å². The molecule has 0 heterocycles. The Kier molecular flexibility index (Phi) is 15.0. The SMILES string of the molecule is C#CCCC=C(C)C.[3H]CSC#CCCC=C(C)C. The third kappa shape index (κ3) is 24.3. The molecule has 0 saturated heterocycles. The molecule has 0 nitrogen and oxygen atoms in total. The van der Waals surface area contributed by atoms with Gasteiger partial charge in [0.25, 0.3) is 0 Å². The van der Waals surface area contributed by atoms with Crippen molar-refractivity contribution in [2.75, 3.05) is 6.23 Å². The first-order valence-corrected chi connectivity index (χ1v) is 7.12. The first kappa shape index (κ1) is 16.9. The number of terminal acetylenes is 1. The van der Waals surface area contributed by atoms with E-state index in [1.807, 2.05) is 0 Å². The van der Waals surface area contributed by atoms with Gasteiger partial charge in [-0.05, 0) is 52.0 Å². The zero-order valence-electron chi connectivity index (χ0n) is 13.2. The molecule has 0 aromatic heterocycles. The van der Waals surface area contributed by atoms with Crippen LogP contribution in [0.1, 0.15) is 54.7 Å². The lowest BCUT2D eigenvalue weighted by molar-refractivity contribution is 1.06. The highest BCUT2D eigenvalue weighted by molar-refractivity contribution is 8.03. The number of unbranched alkanes of at least 4 members (excludes halogenated alkanes) is 2. The second-order valence-electron chi connectivity index (χ2n) is 4.27. The first-order valence-electron chi connectivity index (χ1n) is 6.84. The van der Waals surface area contributed by atoms with E-state index in [-0.39, 0.29) is 0 Å². The quantitative estimate of drug-likeness (QED) is 0.371. The first-order chi connectivity index (χ1) is 9.04. The van der Waals surface area contributed by atoms with Crippen LogP contribution < -0.4 is 0 Å². The van der Waals surface area contributed by atoms with Crippen molar-refractivity contribution >= 4 is 11.8 Å². The minimum Gasteiger partial charge on any atom is -0.120 e. The number of allylic oxidation sites excluding steroid dienone is 4. The molecule has 0 amide bonds. The van der Waals surface area contributed by atoms with Crippen molar-refractivity contribution in [2.24, 2.45) is 0 Å². The molecule has 0 atom stereocenters. The average Bonchev–Trinajstić information content (AvgIpc) is 2.34. The van der Waals surface area contributed by atoms with Gasteiger partial charge in [-0.1, -0.05) is 41.0 Å². The van der Waals surface area contributed by atoms with Crippen LogP contribution in [-0.4, -0.2) is 6.23 Å². The predicted octanol–water partition coefficient (Wildman–Crippen LogP) is 5.42. The minimum atomic E-state index is 0.343. The van der Waals surface area contributed by atoms with Crippen molar-refractivity contribution in [3.8, 4) is 23.5 Å². The molecular weight excluding hydrogens is 236 g/mol. The van der Waals surface area contributed by atoms with E-state index < -0.39 is 0 Å². The van der Waals surface area contributed by atoms with Gasteiger partial charge in [0.2, 0.25) is 0 Å². The maximum absolute atomic E-state index is 6.80. The number of hydrogen-bond donors (Lipinski definition) is 0. The van der Waals surface area contributed by atoms with E-state index in [9.17, 15) is 0 Å². The van der Waals surface area contributed by atoms with Gasteiger partial charge >= 0.3 is 0 Å². The van der Waals surface area contributed by atoms with Gasteiger partial charge in [-0.2, -0.15) is 0 Å². The molecule has 18 heavy (non-hydrogen) atoms. The van der Waals surface area contributed by atoms with Crippen LogP contribution in [0.25, 0.3) is 0 Å². The van der Waals surface area contributed by atoms with Gasteiger partial charge in [-0.3, -0.25) is 0 Å². The molecule has 0 saturated carbocycles. The van der Waals surface area contributed by atoms with Gasteiger partial charge in [-0.25, -0.2) is 0 Å². The fraction of sp³-hybridized carbons (Fsp3) is 0.529. The lowest BCUT2D eigenvalue weighted by Crippen LogP contribution is -1.67. The van der Waals surface area contributed by atoms with Crippen molar-refractivity contribution in [1.82, 2.24) is 0 Å². The highest BCUT2D eigenvalue weighted by atomic mass is 32.2. The normalized spacial score (nSPS) is 8.50. The Hall–Kier alpha value is -1.05. The fourth-order valence-electron chi connectivity index (χ4n) is 0.979. The second-order valence-corrected chi connectivity index (χ2v) is 4.76. The summed E-state index contributed by atoms with van der Waals surface area (Å²) < 4.78 is 6.80. The van der Waals surface area contributed by atoms with Crippen LogP contribution in [0, 0.1) is 23.5 Å². The van der Waals surface area contributed by atoms with Gasteiger partial charge in [0, 0.05) is 14.2 Å². The van der Waals surface area contributed by atoms with E-state index in [1.165, 1.54) is 22.9 Å². The van der Waals surface area contributed by atoms with Crippen LogP contribution >= 0.6 is 11.8 Å². The van der Waals surface area contributed by atoms with E-state index in [0.29, 0.717) is 6.23 Å². The Morgan fingerprint density at radius 2 is 1.67 bits per heavy atom. The topological polar surface area (TPSA) is 0 Å². The van der Waals surface area contributed by atoms with E-state index in [1.54, 1.807) is 0 Å². The van der Waals surface area contributed by atoms with Crippen molar-refractivity contribution < 1.29 is 1.37 Å². The van der Waals surface area contributed by atoms with Crippen LogP contribution in [0.15, 0.2) is 23.3 Å². The van der Waals surface area contributed by atoms with E-state index >= 15 is 0 Å². The molecule has 0 spiro atoms. The van der Waals surface area contributed by atoms with Gasteiger partial charge in [0.05, 0.1) is 0 Å². The Morgan fingerprint density at radius 3 is 2.11 bits per heavy atom. The van der Waals surface area contributed by atoms with Crippen molar-refractivity contribution in [3.05, 3.63) is 23.3 Å². The number of hydrogen-bond acceptors (Lipinski definition) is 1. The summed E-state index contributed by atoms with van der Waals surface area (Å²) in [6.07, 6.45) is 13.6. The van der Waals surface area contributed by atoms with Gasteiger partial charge in [0.1, 0.15) is 0 Å². The van der Waals surface area contributed by atoms with Gasteiger partial charge in [0.15, 0.2) is 0 Å². The molecular formula is C17H26S. The predicted molar refractivity (Wildman–Crippen MR) is 87.5 cm³/mol. The zero-order chi connectivity index (χ0) is 14.9. The third-order valence-corrected chi connectivity index (χ3v) is 2.10. The monoisotopic (exact) mass is 264 g/mol. The smallest absolute Gasteiger partial charge is 0.0354 e. The molecule has 0 aromatic rings. The molecule has 0 aliphatic heterocycles. The Bertz CT molecular complexity index is 353. The van der Waals surface area contributed by atoms with E-state index in [0.717, 1.165) is 25.7 Å². The van der Waals surface area contributed by atoms with Gasteiger partial charge in [-0.15, -0.1) is 12.3 Å². The summed E-state index contributed by atoms with van der Waals surface area (Å²) in [6.45, 7) is 8.34. The van der Waals surface area contributed by atoms with Crippen LogP contribution in [0.3, 0.4) is 0 Å². The molecule has 0 aliphatic rings. The second kappa shape index (κ2) is 16.0. The highest BCUT2D eigenvalue weighted by Crippen LogP contribution is 1.96. The molecule has 0 radical (unpaired) electrons. The Balaban J connectivity index is 0. The maximum atomic E-state index is 6.80. The Labute approximate surface area is 120 Å². The molecule has 0 N–H and O–H groups in total. The highest BCUT2D eigenvalue weighted by Gasteiger charge is 1.77. The molecule has 0 rings (SSSR count). The van der Waals surface area contributed by atoms with Crippen LogP contribution in [0.5, 0.6) is 0 Å². The van der Waals surface area contributed by atoms with Crippen molar-refractivity contribution in [1.29, 1.82) is 0 Å². The molecule has 0 aromatic carbocycles. The maximum Gasteiger partial charge on any atom is 0.0354 e. The summed E-state index contributed by atoms with van der Waals surface area (Å²) in [5, 5.41) is 2.86. The Morgan fingerprint density at radius 1 is 1.11 bits per heavy atom.